The second kappa shape index (κ2) is 10.2. The highest BCUT2D eigenvalue weighted by Gasteiger charge is 2.27. The van der Waals surface area contributed by atoms with Crippen LogP contribution in [0.5, 0.6) is 11.5 Å². The van der Waals surface area contributed by atoms with Crippen molar-refractivity contribution in [2.45, 2.75) is 64.5 Å². The summed E-state index contributed by atoms with van der Waals surface area (Å²) in [6.07, 6.45) is 7.24. The van der Waals surface area contributed by atoms with Crippen LogP contribution in [-0.4, -0.2) is 52.6 Å². The van der Waals surface area contributed by atoms with Gasteiger partial charge in [0.2, 0.25) is 5.91 Å². The van der Waals surface area contributed by atoms with Gasteiger partial charge in [0, 0.05) is 36.3 Å². The molecule has 0 bridgehead atoms. The standard InChI is InChI=1S/C27H33N5O4/c1-15-23(27(34)32-19-8-6-18(7-9-19)31-16(2)33)25-26(30-15)24(28-14-29-25)21-11-10-20(35-3)12-22(21)36-13-17-4-5-17/h10-12,14,17-19,30H,4-9,13H2,1-3H3,(H,31,33)(H,32,34)/t18-,19-. The molecule has 9 heteroatoms. The lowest BCUT2D eigenvalue weighted by molar-refractivity contribution is -0.119. The van der Waals surface area contributed by atoms with Crippen molar-refractivity contribution < 1.29 is 19.1 Å². The maximum atomic E-state index is 13.3. The van der Waals surface area contributed by atoms with Gasteiger partial charge in [-0.25, -0.2) is 9.97 Å². The van der Waals surface area contributed by atoms with Crippen molar-refractivity contribution in [1.29, 1.82) is 0 Å². The van der Waals surface area contributed by atoms with Gasteiger partial charge in [-0.05, 0) is 63.5 Å². The highest BCUT2D eigenvalue weighted by molar-refractivity contribution is 6.09. The smallest absolute Gasteiger partial charge is 0.255 e. The fourth-order valence-electron chi connectivity index (χ4n) is 4.97. The minimum absolute atomic E-state index is 0.00894. The number of ether oxygens (including phenoxy) is 2. The quantitative estimate of drug-likeness (QED) is 0.440. The molecule has 0 unspecified atom stereocenters. The maximum Gasteiger partial charge on any atom is 0.255 e. The summed E-state index contributed by atoms with van der Waals surface area (Å²) in [4.78, 5) is 37.1. The molecule has 3 aromatic rings. The first-order valence-electron chi connectivity index (χ1n) is 12.7. The molecule has 2 aliphatic carbocycles. The number of rotatable bonds is 8. The molecule has 2 amide bonds. The van der Waals surface area contributed by atoms with Crippen LogP contribution in [0.25, 0.3) is 22.3 Å². The van der Waals surface area contributed by atoms with Gasteiger partial charge in [-0.2, -0.15) is 0 Å². The van der Waals surface area contributed by atoms with E-state index < -0.39 is 0 Å². The topological polar surface area (TPSA) is 118 Å². The molecule has 190 valence electrons. The SMILES string of the molecule is COc1ccc(-c2ncnc3c(C(=O)N[C@H]4CC[C@H](NC(C)=O)CC4)c(C)[nH]c23)c(OCC2CC2)c1. The number of aromatic amines is 1. The van der Waals surface area contributed by atoms with Crippen LogP contribution in [-0.2, 0) is 4.79 Å². The fraction of sp³-hybridized carbons (Fsp3) is 0.481. The second-order valence-corrected chi connectivity index (χ2v) is 9.91. The third kappa shape index (κ3) is 5.15. The molecule has 36 heavy (non-hydrogen) atoms. The summed E-state index contributed by atoms with van der Waals surface area (Å²) in [7, 11) is 1.63. The second-order valence-electron chi connectivity index (χ2n) is 9.91. The van der Waals surface area contributed by atoms with Crippen molar-refractivity contribution in [2.75, 3.05) is 13.7 Å². The number of aryl methyl sites for hydroxylation is 1. The molecule has 0 spiro atoms. The Kier molecular flexibility index (Phi) is 6.80. The molecule has 2 heterocycles. The highest BCUT2D eigenvalue weighted by Crippen LogP contribution is 2.38. The van der Waals surface area contributed by atoms with Gasteiger partial charge < -0.3 is 25.1 Å². The van der Waals surface area contributed by atoms with Crippen molar-refractivity contribution in [3.05, 3.63) is 35.8 Å². The molecule has 2 fully saturated rings. The Morgan fingerprint density at radius 2 is 1.78 bits per heavy atom. The number of aromatic nitrogens is 3. The molecule has 0 atom stereocenters. The van der Waals surface area contributed by atoms with E-state index in [-0.39, 0.29) is 23.9 Å². The first kappa shape index (κ1) is 24.1. The molecule has 2 aliphatic rings. The lowest BCUT2D eigenvalue weighted by atomic mass is 9.91. The molecular weight excluding hydrogens is 458 g/mol. The van der Waals surface area contributed by atoms with Gasteiger partial charge in [-0.15, -0.1) is 0 Å². The minimum atomic E-state index is -0.147. The average molecular weight is 492 g/mol. The summed E-state index contributed by atoms with van der Waals surface area (Å²) in [5, 5.41) is 6.16. The summed E-state index contributed by atoms with van der Waals surface area (Å²) >= 11 is 0. The molecular formula is C27H33N5O4. The molecule has 0 radical (unpaired) electrons. The maximum absolute atomic E-state index is 13.3. The van der Waals surface area contributed by atoms with Gasteiger partial charge in [-0.1, -0.05) is 0 Å². The minimum Gasteiger partial charge on any atom is -0.497 e. The first-order valence-corrected chi connectivity index (χ1v) is 12.7. The number of benzene rings is 1. The number of nitrogens with zero attached hydrogens (tertiary/aromatic N) is 2. The zero-order chi connectivity index (χ0) is 25.2. The number of carbonyl (C=O) groups excluding carboxylic acids is 2. The van der Waals surface area contributed by atoms with Crippen molar-refractivity contribution in [1.82, 2.24) is 25.6 Å². The van der Waals surface area contributed by atoms with Gasteiger partial charge in [0.05, 0.1) is 24.8 Å². The van der Waals surface area contributed by atoms with Gasteiger partial charge >= 0.3 is 0 Å². The monoisotopic (exact) mass is 491 g/mol. The predicted octanol–water partition coefficient (Wildman–Crippen LogP) is 3.91. The van der Waals surface area contributed by atoms with Gasteiger partial charge in [-0.3, -0.25) is 9.59 Å². The Hall–Kier alpha value is -3.62. The van der Waals surface area contributed by atoms with E-state index in [1.165, 1.54) is 26.1 Å². The number of hydrogen-bond donors (Lipinski definition) is 3. The molecule has 0 saturated heterocycles. The Morgan fingerprint density at radius 1 is 1.06 bits per heavy atom. The average Bonchev–Trinajstić information content (AvgIpc) is 3.63. The largest absolute Gasteiger partial charge is 0.497 e. The molecule has 3 N–H and O–H groups in total. The van der Waals surface area contributed by atoms with Crippen LogP contribution in [0.4, 0.5) is 0 Å². The van der Waals surface area contributed by atoms with Crippen molar-refractivity contribution in [3.8, 4) is 22.8 Å². The number of fused-ring (bicyclic) bond motifs is 1. The van der Waals surface area contributed by atoms with E-state index in [9.17, 15) is 9.59 Å². The Balaban J connectivity index is 1.40. The number of carbonyl (C=O) groups is 2. The van der Waals surface area contributed by atoms with Gasteiger partial charge in [0.25, 0.3) is 5.91 Å². The lowest BCUT2D eigenvalue weighted by Gasteiger charge is -2.29. The predicted molar refractivity (Wildman–Crippen MR) is 136 cm³/mol. The molecule has 1 aromatic carbocycles. The van der Waals surface area contributed by atoms with E-state index >= 15 is 0 Å². The zero-order valence-electron chi connectivity index (χ0n) is 21.0. The van der Waals surface area contributed by atoms with E-state index in [4.69, 9.17) is 9.47 Å². The van der Waals surface area contributed by atoms with Crippen molar-refractivity contribution >= 4 is 22.8 Å². The third-order valence-corrected chi connectivity index (χ3v) is 7.08. The number of methoxy groups -OCH3 is 1. The normalized spacial score (nSPS) is 19.6. The molecule has 2 saturated carbocycles. The van der Waals surface area contributed by atoms with Crippen LogP contribution in [0.15, 0.2) is 24.5 Å². The van der Waals surface area contributed by atoms with E-state index in [0.29, 0.717) is 46.3 Å². The van der Waals surface area contributed by atoms with Crippen LogP contribution in [0.1, 0.15) is 61.5 Å². The van der Waals surface area contributed by atoms with Crippen LogP contribution in [0, 0.1) is 12.8 Å². The molecule has 2 aromatic heterocycles. The Bertz CT molecular complexity index is 1270. The van der Waals surface area contributed by atoms with Crippen molar-refractivity contribution in [2.24, 2.45) is 5.92 Å². The third-order valence-electron chi connectivity index (χ3n) is 7.08. The lowest BCUT2D eigenvalue weighted by Crippen LogP contribution is -2.43. The fourth-order valence-corrected chi connectivity index (χ4v) is 4.97. The molecule has 9 nitrogen and oxygen atoms in total. The number of nitrogens with one attached hydrogen (secondary N) is 3. The summed E-state index contributed by atoms with van der Waals surface area (Å²) in [5.41, 5.74) is 4.08. The summed E-state index contributed by atoms with van der Waals surface area (Å²) < 4.78 is 11.6. The van der Waals surface area contributed by atoms with Crippen LogP contribution in [0.2, 0.25) is 0 Å². The van der Waals surface area contributed by atoms with E-state index in [0.717, 1.165) is 36.9 Å². The summed E-state index contributed by atoms with van der Waals surface area (Å²) in [5.74, 6) is 1.86. The van der Waals surface area contributed by atoms with E-state index in [2.05, 4.69) is 25.6 Å². The molecule has 0 aliphatic heterocycles. The highest BCUT2D eigenvalue weighted by atomic mass is 16.5. The number of hydrogen-bond acceptors (Lipinski definition) is 6. The number of H-pyrrole nitrogens is 1. The molecule has 5 rings (SSSR count). The van der Waals surface area contributed by atoms with Crippen LogP contribution < -0.4 is 20.1 Å². The van der Waals surface area contributed by atoms with Crippen LogP contribution >= 0.6 is 0 Å². The first-order chi connectivity index (χ1) is 17.4. The number of amides is 2. The summed E-state index contributed by atoms with van der Waals surface area (Å²) in [6.45, 7) is 4.08. The van der Waals surface area contributed by atoms with E-state index in [1.807, 2.05) is 25.1 Å². The van der Waals surface area contributed by atoms with Gasteiger partial charge in [0.1, 0.15) is 29.0 Å². The Labute approximate surface area is 210 Å². The van der Waals surface area contributed by atoms with Gasteiger partial charge in [0.15, 0.2) is 0 Å². The van der Waals surface area contributed by atoms with Crippen LogP contribution in [0.3, 0.4) is 0 Å². The Morgan fingerprint density at radius 3 is 2.44 bits per heavy atom. The zero-order valence-corrected chi connectivity index (χ0v) is 21.0. The van der Waals surface area contributed by atoms with E-state index in [1.54, 1.807) is 7.11 Å². The summed E-state index contributed by atoms with van der Waals surface area (Å²) in [6, 6.07) is 5.95. The van der Waals surface area contributed by atoms with Crippen molar-refractivity contribution in [3.63, 3.8) is 0 Å².